The summed E-state index contributed by atoms with van der Waals surface area (Å²) in [5.41, 5.74) is 5.89. The van der Waals surface area contributed by atoms with Gasteiger partial charge in [-0.25, -0.2) is 4.98 Å². The summed E-state index contributed by atoms with van der Waals surface area (Å²) in [6.45, 7) is 3.77. The van der Waals surface area contributed by atoms with Crippen LogP contribution in [-0.2, 0) is 6.54 Å². The molecule has 0 spiro atoms. The first kappa shape index (κ1) is 18.5. The monoisotopic (exact) mass is 397 g/mol. The van der Waals surface area contributed by atoms with E-state index in [0.29, 0.717) is 19.6 Å². The zero-order valence-electron chi connectivity index (χ0n) is 16.8. The lowest BCUT2D eigenvalue weighted by molar-refractivity contribution is 0.141. The Labute approximate surface area is 175 Å². The Morgan fingerprint density at radius 3 is 2.67 bits per heavy atom. The number of aryl methyl sites for hydroxylation is 1. The number of aliphatic hydroxyl groups is 1. The zero-order valence-corrected chi connectivity index (χ0v) is 16.8. The molecule has 0 amide bonds. The lowest BCUT2D eigenvalue weighted by Gasteiger charge is -2.37. The third-order valence-corrected chi connectivity index (χ3v) is 5.25. The quantitative estimate of drug-likeness (QED) is 0.524. The molecule has 1 N–H and O–H groups in total. The molecule has 0 saturated carbocycles. The highest BCUT2D eigenvalue weighted by Crippen LogP contribution is 2.26. The van der Waals surface area contributed by atoms with Gasteiger partial charge in [-0.05, 0) is 12.5 Å². The number of fused-ring (bicyclic) bond motifs is 1. The molecular weight excluding hydrogens is 374 g/mol. The number of anilines is 1. The molecule has 1 aliphatic heterocycles. The summed E-state index contributed by atoms with van der Waals surface area (Å²) in [6.07, 6.45) is 1.60. The molecule has 5 rings (SSSR count). The molecule has 1 saturated heterocycles. The van der Waals surface area contributed by atoms with E-state index < -0.39 is 0 Å². The summed E-state index contributed by atoms with van der Waals surface area (Å²) in [5.74, 6) is 0.938. The smallest absolute Gasteiger partial charge is 0.158 e. The van der Waals surface area contributed by atoms with Crippen molar-refractivity contribution in [3.63, 3.8) is 0 Å². The van der Waals surface area contributed by atoms with Crippen molar-refractivity contribution in [3.8, 4) is 11.3 Å². The van der Waals surface area contributed by atoms with Crippen LogP contribution in [0.15, 0.2) is 71.7 Å². The van der Waals surface area contributed by atoms with Crippen molar-refractivity contribution in [3.05, 3.63) is 83.6 Å². The second kappa shape index (κ2) is 7.72. The Kier molecular flexibility index (Phi) is 4.77. The average Bonchev–Trinajstić information content (AvgIpc) is 3.16. The van der Waals surface area contributed by atoms with Crippen molar-refractivity contribution < 1.29 is 5.11 Å². The predicted molar refractivity (Wildman–Crippen MR) is 119 cm³/mol. The highest BCUT2D eigenvalue weighted by molar-refractivity contribution is 5.79. The van der Waals surface area contributed by atoms with Crippen LogP contribution in [0.1, 0.15) is 16.8 Å². The van der Waals surface area contributed by atoms with Crippen molar-refractivity contribution >= 4 is 17.7 Å². The van der Waals surface area contributed by atoms with E-state index in [0.717, 1.165) is 34.0 Å². The van der Waals surface area contributed by atoms with Crippen molar-refractivity contribution in [1.29, 1.82) is 0 Å². The van der Waals surface area contributed by atoms with Crippen LogP contribution in [0, 0.1) is 6.92 Å². The van der Waals surface area contributed by atoms with Crippen LogP contribution in [0.2, 0.25) is 0 Å². The Hall–Kier alpha value is -3.51. The summed E-state index contributed by atoms with van der Waals surface area (Å²) in [7, 11) is 0. The Balaban J connectivity index is 1.49. The summed E-state index contributed by atoms with van der Waals surface area (Å²) in [5, 5.41) is 14.6. The van der Waals surface area contributed by atoms with Gasteiger partial charge in [-0.15, -0.1) is 0 Å². The van der Waals surface area contributed by atoms with Gasteiger partial charge in [-0.1, -0.05) is 60.2 Å². The van der Waals surface area contributed by atoms with Crippen LogP contribution in [-0.4, -0.2) is 45.1 Å². The van der Waals surface area contributed by atoms with Gasteiger partial charge in [0.15, 0.2) is 5.65 Å². The fraction of sp³-hybridized carbons (Fsp3) is 0.208. The molecule has 3 heterocycles. The van der Waals surface area contributed by atoms with Crippen LogP contribution < -0.4 is 4.90 Å². The number of nitrogens with zero attached hydrogens (tertiary/aromatic N) is 5. The van der Waals surface area contributed by atoms with Crippen molar-refractivity contribution in [2.75, 3.05) is 18.0 Å². The molecule has 0 atom stereocenters. The molecule has 1 fully saturated rings. The maximum Gasteiger partial charge on any atom is 0.158 e. The number of rotatable bonds is 5. The zero-order chi connectivity index (χ0) is 20.5. The highest BCUT2D eigenvalue weighted by atomic mass is 16.3. The third-order valence-electron chi connectivity index (χ3n) is 5.25. The molecular formula is C24H23N5O. The highest BCUT2D eigenvalue weighted by Gasteiger charge is 2.27. The van der Waals surface area contributed by atoms with Gasteiger partial charge >= 0.3 is 0 Å². The average molecular weight is 397 g/mol. The van der Waals surface area contributed by atoms with Gasteiger partial charge in [0.2, 0.25) is 0 Å². The molecule has 0 bridgehead atoms. The minimum absolute atomic E-state index is 0.292. The molecule has 6 nitrogen and oxygen atoms in total. The van der Waals surface area contributed by atoms with Gasteiger partial charge in [-0.2, -0.15) is 9.61 Å². The van der Waals surface area contributed by atoms with Crippen LogP contribution >= 0.6 is 0 Å². The Bertz CT molecular complexity index is 1210. The van der Waals surface area contributed by atoms with E-state index in [9.17, 15) is 5.11 Å². The topological polar surface area (TPSA) is 66.0 Å². The molecule has 150 valence electrons. The maximum absolute atomic E-state index is 9.78. The minimum atomic E-state index is -0.292. The number of aliphatic imine (C=N–C) groups is 1. The fourth-order valence-corrected chi connectivity index (χ4v) is 3.70. The lowest BCUT2D eigenvalue weighted by Crippen LogP contribution is -2.51. The van der Waals surface area contributed by atoms with Gasteiger partial charge in [0, 0.05) is 37.0 Å². The van der Waals surface area contributed by atoms with E-state index in [2.05, 4.69) is 28.9 Å². The number of aromatic nitrogens is 3. The number of aliphatic hydroxyl groups excluding tert-OH is 1. The van der Waals surface area contributed by atoms with Crippen LogP contribution in [0.25, 0.3) is 16.9 Å². The van der Waals surface area contributed by atoms with Gasteiger partial charge in [0.05, 0.1) is 24.0 Å². The van der Waals surface area contributed by atoms with Gasteiger partial charge < -0.3 is 10.0 Å². The van der Waals surface area contributed by atoms with E-state index >= 15 is 0 Å². The number of hydrogen-bond acceptors (Lipinski definition) is 5. The maximum atomic E-state index is 9.78. The SMILES string of the molecule is Cc1cccc(C=NCc2cc(N3CC(O)C3)n3nc(-c4ccccc4)cc3n2)c1. The standard InChI is InChI=1S/C24H23N5O/c1-17-6-5-7-18(10-17)13-25-14-20-11-24(28-15-21(30)16-28)29-23(26-20)12-22(27-29)19-8-3-2-4-9-19/h2-13,21,30H,14-16H2,1H3. The van der Waals surface area contributed by atoms with E-state index in [4.69, 9.17) is 10.1 Å². The first-order chi connectivity index (χ1) is 14.7. The van der Waals surface area contributed by atoms with E-state index in [1.165, 1.54) is 5.56 Å². The van der Waals surface area contributed by atoms with E-state index in [1.54, 1.807) is 0 Å². The van der Waals surface area contributed by atoms with Crippen molar-refractivity contribution in [1.82, 2.24) is 14.6 Å². The van der Waals surface area contributed by atoms with E-state index in [-0.39, 0.29) is 6.10 Å². The molecule has 4 aromatic rings. The first-order valence-electron chi connectivity index (χ1n) is 10.1. The molecule has 0 aliphatic carbocycles. The van der Waals surface area contributed by atoms with Gasteiger partial charge in [-0.3, -0.25) is 4.99 Å². The molecule has 2 aromatic carbocycles. The lowest BCUT2D eigenvalue weighted by atomic mass is 10.1. The second-order valence-electron chi connectivity index (χ2n) is 7.71. The first-order valence-corrected chi connectivity index (χ1v) is 10.1. The number of hydrogen-bond donors (Lipinski definition) is 1. The molecule has 0 unspecified atom stereocenters. The number of β-amino-alcohol motifs (C(OH)–C–C–N with tert-alkyl or cyclic N) is 1. The predicted octanol–water partition coefficient (Wildman–Crippen LogP) is 3.50. The number of benzene rings is 2. The third kappa shape index (κ3) is 3.69. The van der Waals surface area contributed by atoms with Crippen LogP contribution in [0.4, 0.5) is 5.82 Å². The van der Waals surface area contributed by atoms with Crippen molar-refractivity contribution in [2.45, 2.75) is 19.6 Å². The Morgan fingerprint density at radius 2 is 1.90 bits per heavy atom. The molecule has 6 heteroatoms. The van der Waals surface area contributed by atoms with Crippen LogP contribution in [0.5, 0.6) is 0 Å². The summed E-state index contributed by atoms with van der Waals surface area (Å²) >= 11 is 0. The molecule has 1 aliphatic rings. The normalized spacial score (nSPS) is 14.5. The summed E-state index contributed by atoms with van der Waals surface area (Å²) in [4.78, 5) is 11.5. The fourth-order valence-electron chi connectivity index (χ4n) is 3.70. The summed E-state index contributed by atoms with van der Waals surface area (Å²) in [6, 6.07) is 22.4. The van der Waals surface area contributed by atoms with Crippen molar-refractivity contribution in [2.24, 2.45) is 4.99 Å². The molecule has 0 radical (unpaired) electrons. The molecule has 30 heavy (non-hydrogen) atoms. The van der Waals surface area contributed by atoms with E-state index in [1.807, 2.05) is 65.3 Å². The second-order valence-corrected chi connectivity index (χ2v) is 7.71. The summed E-state index contributed by atoms with van der Waals surface area (Å²) < 4.78 is 1.86. The van der Waals surface area contributed by atoms with Gasteiger partial charge in [0.1, 0.15) is 5.82 Å². The van der Waals surface area contributed by atoms with Crippen LogP contribution in [0.3, 0.4) is 0 Å². The Morgan fingerprint density at radius 1 is 1.07 bits per heavy atom. The molecule has 2 aromatic heterocycles. The minimum Gasteiger partial charge on any atom is -0.389 e. The van der Waals surface area contributed by atoms with Gasteiger partial charge in [0.25, 0.3) is 0 Å². The largest absolute Gasteiger partial charge is 0.389 e.